The molecule has 0 saturated heterocycles. The standard InChI is InChI=1S/C33H28BrN3O6/c1-21-3-4-22(2)37(21)26-10-12-27(13-11-26)41-20-28-14-16-31(43-28)32(38)36-35-18-24-7-15-30(29(34)17-24)42-19-23-5-8-25(9-6-23)33(39)40/h3-18H,19-20H2,1-2H3,(H,36,38)(H,39,40)/b35-18+. The fraction of sp³-hybridized carbons (Fsp3) is 0.121. The molecular formula is C33H28BrN3O6. The average Bonchev–Trinajstić information content (AvgIpc) is 3.62. The molecule has 0 saturated carbocycles. The number of ether oxygens (including phenoxy) is 2. The number of hydrogen-bond donors (Lipinski definition) is 2. The Labute approximate surface area is 256 Å². The van der Waals surface area contributed by atoms with Crippen molar-refractivity contribution in [3.63, 3.8) is 0 Å². The Balaban J connectivity index is 1.09. The molecule has 0 spiro atoms. The van der Waals surface area contributed by atoms with Crippen molar-refractivity contribution in [3.8, 4) is 17.2 Å². The van der Waals surface area contributed by atoms with Gasteiger partial charge in [0.05, 0.1) is 16.3 Å². The normalized spacial score (nSPS) is 11.0. The smallest absolute Gasteiger partial charge is 0.335 e. The minimum atomic E-state index is -0.973. The van der Waals surface area contributed by atoms with Crippen LogP contribution < -0.4 is 14.9 Å². The maximum absolute atomic E-state index is 12.5. The molecule has 0 fully saturated rings. The number of hydrazone groups is 1. The first-order valence-corrected chi connectivity index (χ1v) is 14.1. The van der Waals surface area contributed by atoms with E-state index in [0.29, 0.717) is 21.7 Å². The number of amides is 1. The summed E-state index contributed by atoms with van der Waals surface area (Å²) in [6.07, 6.45) is 1.50. The Morgan fingerprint density at radius 1 is 0.907 bits per heavy atom. The van der Waals surface area contributed by atoms with Crippen LogP contribution in [0.3, 0.4) is 0 Å². The van der Waals surface area contributed by atoms with Crippen LogP contribution in [0, 0.1) is 13.8 Å². The monoisotopic (exact) mass is 641 g/mol. The molecule has 9 nitrogen and oxygen atoms in total. The van der Waals surface area contributed by atoms with Gasteiger partial charge in [-0.1, -0.05) is 12.1 Å². The van der Waals surface area contributed by atoms with Gasteiger partial charge in [0.2, 0.25) is 0 Å². The molecule has 5 aromatic rings. The van der Waals surface area contributed by atoms with E-state index < -0.39 is 11.9 Å². The number of carbonyl (C=O) groups excluding carboxylic acids is 1. The highest BCUT2D eigenvalue weighted by molar-refractivity contribution is 9.10. The molecule has 1 amide bonds. The molecule has 0 atom stereocenters. The van der Waals surface area contributed by atoms with Gasteiger partial charge in [0.25, 0.3) is 0 Å². The molecule has 0 radical (unpaired) electrons. The van der Waals surface area contributed by atoms with Crippen molar-refractivity contribution in [2.75, 3.05) is 0 Å². The summed E-state index contributed by atoms with van der Waals surface area (Å²) in [6.45, 7) is 4.58. The van der Waals surface area contributed by atoms with Crippen molar-refractivity contribution in [1.29, 1.82) is 0 Å². The van der Waals surface area contributed by atoms with E-state index in [4.69, 9.17) is 19.0 Å². The molecule has 0 unspecified atom stereocenters. The molecule has 0 aliphatic carbocycles. The molecule has 43 heavy (non-hydrogen) atoms. The summed E-state index contributed by atoms with van der Waals surface area (Å²) in [7, 11) is 0. The molecule has 2 aromatic heterocycles. The summed E-state index contributed by atoms with van der Waals surface area (Å²) in [5.41, 5.74) is 7.63. The first kappa shape index (κ1) is 29.4. The van der Waals surface area contributed by atoms with E-state index in [1.807, 2.05) is 24.3 Å². The summed E-state index contributed by atoms with van der Waals surface area (Å²) in [5, 5.41) is 13.0. The first-order chi connectivity index (χ1) is 20.8. The number of aromatic carboxylic acids is 1. The number of nitrogens with zero attached hydrogens (tertiary/aromatic N) is 2. The summed E-state index contributed by atoms with van der Waals surface area (Å²) in [6, 6.07) is 27.1. The Bertz CT molecular complexity index is 1750. The maximum Gasteiger partial charge on any atom is 0.335 e. The minimum absolute atomic E-state index is 0.117. The van der Waals surface area contributed by atoms with E-state index in [0.717, 1.165) is 28.2 Å². The summed E-state index contributed by atoms with van der Waals surface area (Å²) in [4.78, 5) is 23.5. The second-order valence-electron chi connectivity index (χ2n) is 9.68. The van der Waals surface area contributed by atoms with Gasteiger partial charge >= 0.3 is 11.9 Å². The third-order valence-corrected chi connectivity index (χ3v) is 7.18. The Morgan fingerprint density at radius 2 is 1.63 bits per heavy atom. The van der Waals surface area contributed by atoms with Gasteiger partial charge in [-0.3, -0.25) is 4.79 Å². The van der Waals surface area contributed by atoms with Gasteiger partial charge in [-0.05, 0) is 120 Å². The topological polar surface area (TPSA) is 115 Å². The van der Waals surface area contributed by atoms with Crippen molar-refractivity contribution < 1.29 is 28.6 Å². The van der Waals surface area contributed by atoms with Crippen LogP contribution in [0.15, 0.2) is 105 Å². The first-order valence-electron chi connectivity index (χ1n) is 13.3. The Hall–Kier alpha value is -5.09. The van der Waals surface area contributed by atoms with Crippen LogP contribution in [-0.4, -0.2) is 27.8 Å². The highest BCUT2D eigenvalue weighted by atomic mass is 79.9. The number of aromatic nitrogens is 1. The van der Waals surface area contributed by atoms with Gasteiger partial charge in [0.15, 0.2) is 5.76 Å². The van der Waals surface area contributed by atoms with Gasteiger partial charge in [0.1, 0.15) is 30.5 Å². The predicted octanol–water partition coefficient (Wildman–Crippen LogP) is 7.07. The molecule has 10 heteroatoms. The maximum atomic E-state index is 12.5. The van der Waals surface area contributed by atoms with Gasteiger partial charge in [-0.2, -0.15) is 5.10 Å². The number of carboxylic acids is 1. The van der Waals surface area contributed by atoms with Gasteiger partial charge in [-0.15, -0.1) is 0 Å². The van der Waals surface area contributed by atoms with Crippen LogP contribution in [0.2, 0.25) is 0 Å². The zero-order valence-electron chi connectivity index (χ0n) is 23.4. The fourth-order valence-corrected chi connectivity index (χ4v) is 4.85. The quantitative estimate of drug-likeness (QED) is 0.118. The van der Waals surface area contributed by atoms with E-state index >= 15 is 0 Å². The van der Waals surface area contributed by atoms with Gasteiger partial charge in [-0.25, -0.2) is 10.2 Å². The molecule has 2 N–H and O–H groups in total. The van der Waals surface area contributed by atoms with Crippen molar-refractivity contribution in [2.24, 2.45) is 5.10 Å². The summed E-state index contributed by atoms with van der Waals surface area (Å²) >= 11 is 3.48. The van der Waals surface area contributed by atoms with Crippen LogP contribution in [0.1, 0.15) is 49.2 Å². The third kappa shape index (κ3) is 7.41. The van der Waals surface area contributed by atoms with Crippen LogP contribution >= 0.6 is 15.9 Å². The third-order valence-electron chi connectivity index (χ3n) is 6.56. The van der Waals surface area contributed by atoms with Crippen molar-refractivity contribution >= 4 is 34.0 Å². The van der Waals surface area contributed by atoms with Gasteiger partial charge < -0.3 is 23.6 Å². The molecule has 0 bridgehead atoms. The van der Waals surface area contributed by atoms with Crippen LogP contribution in [0.4, 0.5) is 0 Å². The zero-order chi connectivity index (χ0) is 30.3. The molecular weight excluding hydrogens is 614 g/mol. The largest absolute Gasteiger partial charge is 0.488 e. The van der Waals surface area contributed by atoms with Crippen molar-refractivity contribution in [2.45, 2.75) is 27.1 Å². The van der Waals surface area contributed by atoms with E-state index in [9.17, 15) is 9.59 Å². The molecule has 2 heterocycles. The number of furan rings is 1. The number of aryl methyl sites for hydroxylation is 2. The van der Waals surface area contributed by atoms with E-state index in [1.54, 1.807) is 42.5 Å². The van der Waals surface area contributed by atoms with Crippen molar-refractivity contribution in [3.05, 3.63) is 135 Å². The number of rotatable bonds is 11. The second kappa shape index (κ2) is 13.3. The van der Waals surface area contributed by atoms with Crippen LogP contribution in [0.25, 0.3) is 5.69 Å². The van der Waals surface area contributed by atoms with Crippen LogP contribution in [-0.2, 0) is 13.2 Å². The molecule has 0 aliphatic heterocycles. The number of carbonyl (C=O) groups is 2. The molecule has 5 rings (SSSR count). The molecule has 218 valence electrons. The summed E-state index contributed by atoms with van der Waals surface area (Å²) < 4.78 is 20.2. The van der Waals surface area contributed by atoms with E-state index in [-0.39, 0.29) is 24.5 Å². The lowest BCUT2D eigenvalue weighted by Crippen LogP contribution is -2.16. The highest BCUT2D eigenvalue weighted by Gasteiger charge is 2.12. The minimum Gasteiger partial charge on any atom is -0.488 e. The lowest BCUT2D eigenvalue weighted by molar-refractivity contribution is 0.0696. The SMILES string of the molecule is Cc1ccc(C)n1-c1ccc(OCc2ccc(C(=O)N/N=C/c3ccc(OCc4ccc(C(=O)O)cc4)c(Br)c3)o2)cc1. The van der Waals surface area contributed by atoms with Crippen molar-refractivity contribution in [1.82, 2.24) is 9.99 Å². The average molecular weight is 643 g/mol. The van der Waals surface area contributed by atoms with Crippen LogP contribution in [0.5, 0.6) is 11.5 Å². The van der Waals surface area contributed by atoms with Gasteiger partial charge in [0, 0.05) is 17.1 Å². The fourth-order valence-electron chi connectivity index (χ4n) is 4.34. The lowest BCUT2D eigenvalue weighted by atomic mass is 10.1. The van der Waals surface area contributed by atoms with E-state index in [2.05, 4.69) is 57.0 Å². The van der Waals surface area contributed by atoms with E-state index in [1.165, 1.54) is 18.3 Å². The number of halogens is 1. The predicted molar refractivity (Wildman–Crippen MR) is 165 cm³/mol. The Kier molecular flexibility index (Phi) is 9.07. The number of nitrogens with one attached hydrogen (secondary N) is 1. The zero-order valence-corrected chi connectivity index (χ0v) is 25.0. The molecule has 3 aromatic carbocycles. The summed E-state index contributed by atoms with van der Waals surface area (Å²) in [5.74, 6) is 0.459. The number of benzene rings is 3. The second-order valence-corrected chi connectivity index (χ2v) is 10.5. The Morgan fingerprint density at radius 3 is 2.30 bits per heavy atom. The lowest BCUT2D eigenvalue weighted by Gasteiger charge is -2.10. The number of hydrogen-bond acceptors (Lipinski definition) is 6. The number of carboxylic acid groups (broad SMARTS) is 1. The highest BCUT2D eigenvalue weighted by Crippen LogP contribution is 2.26. The molecule has 0 aliphatic rings.